The fraction of sp³-hybridized carbons (Fsp3) is 0.635. The van der Waals surface area contributed by atoms with E-state index in [-0.39, 0.29) is 34.9 Å². The number of aliphatic hydroxyl groups excluding tert-OH is 1. The number of rotatable bonds is 15. The lowest BCUT2D eigenvalue weighted by atomic mass is 9.56. The van der Waals surface area contributed by atoms with E-state index in [4.69, 9.17) is 10.5 Å². The number of unbranched alkanes of at least 4 members (excludes halogenated alkanes) is 2. The summed E-state index contributed by atoms with van der Waals surface area (Å²) in [5.74, 6) is 3.23. The van der Waals surface area contributed by atoms with Gasteiger partial charge in [-0.25, -0.2) is 0 Å². The van der Waals surface area contributed by atoms with Gasteiger partial charge in [-0.15, -0.1) is 0 Å². The van der Waals surface area contributed by atoms with Crippen molar-refractivity contribution in [1.29, 1.82) is 0 Å². The van der Waals surface area contributed by atoms with Crippen LogP contribution in [-0.2, 0) is 20.7 Å². The molecule has 11 atom stereocenters. The maximum Gasteiger partial charge on any atom is 0.237 e. The fourth-order valence-electron chi connectivity index (χ4n) is 13.2. The molecule has 4 aliphatic carbocycles. The number of nitrogens with one attached hydrogen (secondary N) is 1. The summed E-state index contributed by atoms with van der Waals surface area (Å²) in [6.07, 6.45) is 16.4. The van der Waals surface area contributed by atoms with Crippen LogP contribution in [0, 0.1) is 35.0 Å². The Morgan fingerprint density at radius 3 is 2.48 bits per heavy atom. The number of carbonyl (C=O) groups excluding carboxylic acids is 3. The summed E-state index contributed by atoms with van der Waals surface area (Å²) < 4.78 is 7.36. The summed E-state index contributed by atoms with van der Waals surface area (Å²) in [5.41, 5.74) is 13.3. The van der Waals surface area contributed by atoms with E-state index >= 15 is 0 Å². The second-order valence-corrected chi connectivity index (χ2v) is 20.2. The molecule has 2 heterocycles. The molecule has 4 fully saturated rings. The van der Waals surface area contributed by atoms with Gasteiger partial charge in [0.1, 0.15) is 5.78 Å². The number of amides is 1. The lowest BCUT2D eigenvalue weighted by molar-refractivity contribution is -0.122. The third-order valence-corrected chi connectivity index (χ3v) is 16.5. The first-order chi connectivity index (χ1) is 28.9. The number of hydrogen-bond acceptors (Lipinski definition) is 7. The first kappa shape index (κ1) is 43.2. The lowest BCUT2D eigenvalue weighted by Gasteiger charge is -2.49. The van der Waals surface area contributed by atoms with Crippen molar-refractivity contribution < 1.29 is 24.2 Å². The highest BCUT2D eigenvalue weighted by atomic mass is 16.5. The number of piperidine rings is 1. The van der Waals surface area contributed by atoms with Crippen LogP contribution in [0.4, 0.5) is 0 Å². The van der Waals surface area contributed by atoms with Gasteiger partial charge in [0.25, 0.3) is 0 Å². The molecule has 0 bridgehead atoms. The van der Waals surface area contributed by atoms with Crippen LogP contribution in [0.1, 0.15) is 139 Å². The predicted octanol–water partition coefficient (Wildman–Crippen LogP) is 8.54. The minimum absolute atomic E-state index is 0.0288. The van der Waals surface area contributed by atoms with Crippen LogP contribution >= 0.6 is 0 Å². The maximum absolute atomic E-state index is 13.0. The molecule has 2 aliphatic heterocycles. The summed E-state index contributed by atoms with van der Waals surface area (Å²) >= 11 is 0. The zero-order chi connectivity index (χ0) is 42.2. The fourth-order valence-corrected chi connectivity index (χ4v) is 13.2. The molecule has 60 heavy (non-hydrogen) atoms. The number of ether oxygens (including phenoxy) is 1. The molecule has 1 amide bonds. The number of benzene rings is 2. The van der Waals surface area contributed by atoms with Crippen LogP contribution in [0.25, 0.3) is 0 Å². The molecule has 0 aromatic heterocycles. The highest BCUT2D eigenvalue weighted by Crippen LogP contribution is 2.65. The zero-order valence-electron chi connectivity index (χ0n) is 36.8. The molecule has 1 spiro atoms. The van der Waals surface area contributed by atoms with E-state index in [1.807, 2.05) is 30.3 Å². The molecular weight excluding hydrogens is 747 g/mol. The van der Waals surface area contributed by atoms with E-state index in [0.29, 0.717) is 72.4 Å². The van der Waals surface area contributed by atoms with Gasteiger partial charge in [-0.3, -0.25) is 19.3 Å². The van der Waals surface area contributed by atoms with E-state index in [0.717, 1.165) is 82.4 Å². The summed E-state index contributed by atoms with van der Waals surface area (Å²) in [7, 11) is 0. The highest BCUT2D eigenvalue weighted by Gasteiger charge is 2.61. The molecular formula is C52H71N3O5. The summed E-state index contributed by atoms with van der Waals surface area (Å²) in [5, 5.41) is 13.5. The van der Waals surface area contributed by atoms with Crippen molar-refractivity contribution in [2.45, 2.75) is 154 Å². The molecule has 8 heteroatoms. The number of carbonyl (C=O) groups is 3. The van der Waals surface area contributed by atoms with Crippen molar-refractivity contribution in [3.8, 4) is 0 Å². The second-order valence-electron chi connectivity index (χ2n) is 20.2. The number of Topliss-reactive ketones (excluding diaryl/α,β-unsaturated/α-hetero) is 1. The lowest BCUT2D eigenvalue weighted by Crippen LogP contribution is -2.52. The number of allylic oxidation sites excluding steroid dienone is 2. The highest BCUT2D eigenvalue weighted by molar-refractivity contribution is 6.08. The number of nitrogens with two attached hydrogens (primary N) is 1. The number of aliphatic hydroxyl groups is 1. The van der Waals surface area contributed by atoms with E-state index in [2.05, 4.69) is 44.0 Å². The van der Waals surface area contributed by atoms with Gasteiger partial charge in [0.15, 0.2) is 5.78 Å². The van der Waals surface area contributed by atoms with Crippen molar-refractivity contribution in [3.05, 3.63) is 94.1 Å². The van der Waals surface area contributed by atoms with Gasteiger partial charge in [-0.05, 0) is 131 Å². The Labute approximate surface area is 359 Å². The number of fused-ring (bicyclic) bond motifs is 6. The Balaban J connectivity index is 0.757. The van der Waals surface area contributed by atoms with Gasteiger partial charge in [0.2, 0.25) is 5.91 Å². The van der Waals surface area contributed by atoms with Gasteiger partial charge in [-0.2, -0.15) is 0 Å². The van der Waals surface area contributed by atoms with Gasteiger partial charge >= 0.3 is 0 Å². The normalized spacial score (nSPS) is 34.0. The van der Waals surface area contributed by atoms with Crippen molar-refractivity contribution in [2.75, 3.05) is 19.6 Å². The molecule has 6 aliphatic rings. The van der Waals surface area contributed by atoms with E-state index in [9.17, 15) is 19.5 Å². The van der Waals surface area contributed by atoms with Crippen LogP contribution in [-0.4, -0.2) is 77.0 Å². The Morgan fingerprint density at radius 2 is 1.70 bits per heavy atom. The summed E-state index contributed by atoms with van der Waals surface area (Å²) in [4.78, 5) is 41.1. The third-order valence-electron chi connectivity index (χ3n) is 16.5. The maximum atomic E-state index is 13.0. The Morgan fingerprint density at radius 1 is 0.950 bits per heavy atom. The van der Waals surface area contributed by atoms with Crippen LogP contribution in [0.2, 0.25) is 0 Å². The molecule has 2 saturated carbocycles. The number of nitrogens with zero attached hydrogens (tertiary/aromatic N) is 1. The van der Waals surface area contributed by atoms with Gasteiger partial charge in [0.05, 0.1) is 23.9 Å². The Bertz CT molecular complexity index is 1940. The SMILES string of the molecule is CC1=C2C[C@H]3[C@@H](CC=C4C[C@@H](O)CC[C@@]43C)[C@@H]2CC[C@]12O[C@@H]1C[C@H](C)CN(CCCC(=O)CCCCCNC(=O)[C@@H](N)Cc3ccc(C(=O)c4ccccc4)cc3)[C@H]1[C@H]2C. The molecule has 8 rings (SSSR count). The number of ketones is 2. The Kier molecular flexibility index (Phi) is 13.1. The smallest absolute Gasteiger partial charge is 0.237 e. The van der Waals surface area contributed by atoms with Crippen LogP contribution in [0.15, 0.2) is 77.4 Å². The van der Waals surface area contributed by atoms with Gasteiger partial charge in [-0.1, -0.05) is 99.0 Å². The summed E-state index contributed by atoms with van der Waals surface area (Å²) in [6.45, 7) is 12.4. The van der Waals surface area contributed by atoms with Crippen LogP contribution < -0.4 is 11.1 Å². The molecule has 8 nitrogen and oxygen atoms in total. The van der Waals surface area contributed by atoms with Crippen molar-refractivity contribution >= 4 is 17.5 Å². The minimum Gasteiger partial charge on any atom is -0.393 e. The minimum atomic E-state index is -0.666. The molecule has 2 saturated heterocycles. The first-order valence-electron chi connectivity index (χ1n) is 23.6. The Hall–Kier alpha value is -3.43. The van der Waals surface area contributed by atoms with Crippen LogP contribution in [0.5, 0.6) is 0 Å². The molecule has 0 unspecified atom stereocenters. The molecule has 4 N–H and O–H groups in total. The van der Waals surface area contributed by atoms with Gasteiger partial charge < -0.3 is 20.9 Å². The monoisotopic (exact) mass is 818 g/mol. The van der Waals surface area contributed by atoms with E-state index in [1.165, 1.54) is 24.8 Å². The largest absolute Gasteiger partial charge is 0.393 e. The third kappa shape index (κ3) is 8.52. The topological polar surface area (TPSA) is 122 Å². The molecule has 2 aromatic rings. The quantitative estimate of drug-likeness (QED) is 0.0936. The average molecular weight is 818 g/mol. The van der Waals surface area contributed by atoms with Crippen molar-refractivity contribution in [3.63, 3.8) is 0 Å². The summed E-state index contributed by atoms with van der Waals surface area (Å²) in [6, 6.07) is 16.2. The molecule has 2 aromatic carbocycles. The van der Waals surface area contributed by atoms with E-state index < -0.39 is 6.04 Å². The number of likely N-dealkylation sites (tertiary alicyclic amines) is 1. The standard InChI is InChI=1S/C52H71N3O5/c1-33-28-47-48(35(3)52(60-47)25-23-42-43-21-20-39-30-41(57)22-24-51(39,4)45(43)31-44(42)34(52)2)55(32-33)27-11-15-40(56)14-9-6-10-26-54-50(59)46(53)29-36-16-18-38(19-17-36)49(58)37-12-7-5-8-13-37/h5,7-8,12-13,16-20,33,35,41-43,45-48,57H,6,9-11,14-15,21-32,53H2,1-4H3,(H,54,59)/t33-,35+,41-,42-,43-,45-,46-,47+,48-,51-,52-/m0/s1. The van der Waals surface area contributed by atoms with Gasteiger partial charge in [0, 0.05) is 49.0 Å². The molecule has 324 valence electrons. The van der Waals surface area contributed by atoms with Crippen molar-refractivity contribution in [2.24, 2.45) is 40.7 Å². The van der Waals surface area contributed by atoms with Crippen LogP contribution in [0.3, 0.4) is 0 Å². The zero-order valence-corrected chi connectivity index (χ0v) is 36.8. The first-order valence-corrected chi connectivity index (χ1v) is 23.6. The average Bonchev–Trinajstić information content (AvgIpc) is 3.77. The second kappa shape index (κ2) is 18.1. The predicted molar refractivity (Wildman–Crippen MR) is 237 cm³/mol. The van der Waals surface area contributed by atoms with E-state index in [1.54, 1.807) is 35.4 Å². The number of hydrogen-bond donors (Lipinski definition) is 3. The molecule has 0 radical (unpaired) electrons. The van der Waals surface area contributed by atoms with Crippen molar-refractivity contribution in [1.82, 2.24) is 10.2 Å².